The lowest BCUT2D eigenvalue weighted by atomic mass is 10.2. The Bertz CT molecular complexity index is 304. The van der Waals surface area contributed by atoms with E-state index in [1.807, 2.05) is 13.1 Å². The molecular weight excluding hydrogens is 244 g/mol. The monoisotopic (exact) mass is 258 g/mol. The van der Waals surface area contributed by atoms with Crippen LogP contribution in [0.3, 0.4) is 0 Å². The molecule has 0 bridgehead atoms. The van der Waals surface area contributed by atoms with Gasteiger partial charge in [-0.25, -0.2) is 4.98 Å². The smallest absolute Gasteiger partial charge is 0.133 e. The lowest BCUT2D eigenvalue weighted by Crippen LogP contribution is -2.20. The van der Waals surface area contributed by atoms with Crippen LogP contribution in [0, 0.1) is 0 Å². The van der Waals surface area contributed by atoms with Gasteiger partial charge in [-0.2, -0.15) is 0 Å². The number of aliphatic hydroxyl groups is 1. The highest BCUT2D eigenvalue weighted by Gasteiger charge is 2.07. The lowest BCUT2D eigenvalue weighted by Gasteiger charge is -2.19. The third-order valence-electron chi connectivity index (χ3n) is 2.00. The number of anilines is 1. The molecule has 0 aliphatic carbocycles. The van der Waals surface area contributed by atoms with E-state index >= 15 is 0 Å². The van der Waals surface area contributed by atoms with Crippen LogP contribution in [0.4, 0.5) is 5.82 Å². The Morgan fingerprint density at radius 2 is 2.29 bits per heavy atom. The van der Waals surface area contributed by atoms with Crippen LogP contribution in [0.2, 0.25) is 0 Å². The van der Waals surface area contributed by atoms with Gasteiger partial charge in [0.05, 0.1) is 6.61 Å². The SMILES string of the molecule is CCCN(C)c1ncc(Br)cc1CO. The summed E-state index contributed by atoms with van der Waals surface area (Å²) in [5, 5.41) is 9.17. The second-order valence-electron chi connectivity index (χ2n) is 3.22. The second-order valence-corrected chi connectivity index (χ2v) is 4.13. The fourth-order valence-corrected chi connectivity index (χ4v) is 1.75. The summed E-state index contributed by atoms with van der Waals surface area (Å²) in [5.74, 6) is 0.859. The molecule has 0 amide bonds. The molecule has 0 saturated carbocycles. The van der Waals surface area contributed by atoms with Gasteiger partial charge in [0, 0.05) is 29.8 Å². The summed E-state index contributed by atoms with van der Waals surface area (Å²) in [5.41, 5.74) is 0.857. The van der Waals surface area contributed by atoms with Crippen molar-refractivity contribution >= 4 is 21.7 Å². The van der Waals surface area contributed by atoms with Gasteiger partial charge >= 0.3 is 0 Å². The van der Waals surface area contributed by atoms with Gasteiger partial charge in [-0.1, -0.05) is 6.92 Å². The van der Waals surface area contributed by atoms with Crippen molar-refractivity contribution in [1.82, 2.24) is 4.98 Å². The number of hydrogen-bond donors (Lipinski definition) is 1. The summed E-state index contributed by atoms with van der Waals surface area (Å²) in [6.07, 6.45) is 2.82. The largest absolute Gasteiger partial charge is 0.392 e. The molecule has 1 aromatic heterocycles. The van der Waals surface area contributed by atoms with E-state index in [1.165, 1.54) is 0 Å². The molecule has 14 heavy (non-hydrogen) atoms. The van der Waals surface area contributed by atoms with E-state index < -0.39 is 0 Å². The van der Waals surface area contributed by atoms with E-state index in [1.54, 1.807) is 6.20 Å². The van der Waals surface area contributed by atoms with E-state index in [0.29, 0.717) is 0 Å². The van der Waals surface area contributed by atoms with E-state index in [9.17, 15) is 5.11 Å². The molecular formula is C10H15BrN2O. The minimum absolute atomic E-state index is 0.0236. The highest BCUT2D eigenvalue weighted by molar-refractivity contribution is 9.10. The molecule has 0 saturated heterocycles. The van der Waals surface area contributed by atoms with Crippen LogP contribution in [-0.2, 0) is 6.61 Å². The number of nitrogens with zero attached hydrogens (tertiary/aromatic N) is 2. The van der Waals surface area contributed by atoms with Crippen molar-refractivity contribution in [2.75, 3.05) is 18.5 Å². The predicted molar refractivity (Wildman–Crippen MR) is 61.4 cm³/mol. The number of pyridine rings is 1. The lowest BCUT2D eigenvalue weighted by molar-refractivity contribution is 0.281. The highest BCUT2D eigenvalue weighted by atomic mass is 79.9. The first-order chi connectivity index (χ1) is 6.69. The number of hydrogen-bond acceptors (Lipinski definition) is 3. The molecule has 3 nitrogen and oxygen atoms in total. The summed E-state index contributed by atoms with van der Waals surface area (Å²) in [6.45, 7) is 3.09. The van der Waals surface area contributed by atoms with Crippen LogP contribution in [-0.4, -0.2) is 23.7 Å². The maximum absolute atomic E-state index is 9.17. The van der Waals surface area contributed by atoms with Crippen molar-refractivity contribution in [2.24, 2.45) is 0 Å². The zero-order valence-corrected chi connectivity index (χ0v) is 10.1. The first-order valence-electron chi connectivity index (χ1n) is 4.65. The van der Waals surface area contributed by atoms with Gasteiger partial charge in [-0.05, 0) is 28.4 Å². The number of rotatable bonds is 4. The van der Waals surface area contributed by atoms with E-state index in [-0.39, 0.29) is 6.61 Å². The molecule has 0 aromatic carbocycles. The summed E-state index contributed by atoms with van der Waals surface area (Å²) in [7, 11) is 1.99. The summed E-state index contributed by atoms with van der Waals surface area (Å²) >= 11 is 3.33. The molecule has 0 aliphatic rings. The molecule has 0 radical (unpaired) electrons. The Morgan fingerprint density at radius 1 is 1.57 bits per heavy atom. The molecule has 0 unspecified atom stereocenters. The normalized spacial score (nSPS) is 10.3. The van der Waals surface area contributed by atoms with Gasteiger partial charge in [-0.3, -0.25) is 0 Å². The van der Waals surface area contributed by atoms with Gasteiger partial charge in [0.2, 0.25) is 0 Å². The maximum Gasteiger partial charge on any atom is 0.133 e. The van der Waals surface area contributed by atoms with E-state index in [4.69, 9.17) is 0 Å². The average Bonchev–Trinajstić information content (AvgIpc) is 2.17. The Labute approximate surface area is 92.9 Å². The minimum Gasteiger partial charge on any atom is -0.392 e. The summed E-state index contributed by atoms with van der Waals surface area (Å²) in [4.78, 5) is 6.34. The van der Waals surface area contributed by atoms with Crippen molar-refractivity contribution in [1.29, 1.82) is 0 Å². The first kappa shape index (κ1) is 11.5. The Balaban J connectivity index is 2.95. The zero-order valence-electron chi connectivity index (χ0n) is 8.50. The van der Waals surface area contributed by atoms with Gasteiger partial charge in [0.1, 0.15) is 5.82 Å². The molecule has 1 N–H and O–H groups in total. The molecule has 1 aromatic rings. The van der Waals surface area contributed by atoms with Gasteiger partial charge in [0.25, 0.3) is 0 Å². The van der Waals surface area contributed by atoms with Gasteiger partial charge < -0.3 is 10.0 Å². The van der Waals surface area contributed by atoms with Gasteiger partial charge in [0.15, 0.2) is 0 Å². The highest BCUT2D eigenvalue weighted by Crippen LogP contribution is 2.20. The van der Waals surface area contributed by atoms with Crippen LogP contribution in [0.1, 0.15) is 18.9 Å². The molecule has 78 valence electrons. The Morgan fingerprint density at radius 3 is 2.86 bits per heavy atom. The molecule has 1 heterocycles. The molecule has 0 fully saturated rings. The number of halogens is 1. The number of aromatic nitrogens is 1. The molecule has 0 aliphatic heterocycles. The number of aliphatic hydroxyl groups excluding tert-OH is 1. The van der Waals surface area contributed by atoms with Crippen LogP contribution in [0.25, 0.3) is 0 Å². The first-order valence-corrected chi connectivity index (χ1v) is 5.44. The Kier molecular flexibility index (Phi) is 4.35. The average molecular weight is 259 g/mol. The topological polar surface area (TPSA) is 36.4 Å². The molecule has 4 heteroatoms. The summed E-state index contributed by atoms with van der Waals surface area (Å²) < 4.78 is 0.898. The van der Waals surface area contributed by atoms with Crippen LogP contribution >= 0.6 is 15.9 Å². The fourth-order valence-electron chi connectivity index (χ4n) is 1.38. The third kappa shape index (κ3) is 2.69. The van der Waals surface area contributed by atoms with Crippen molar-refractivity contribution in [2.45, 2.75) is 20.0 Å². The standard InChI is InChI=1S/C10H15BrN2O/c1-3-4-13(2)10-8(7-14)5-9(11)6-12-10/h5-6,14H,3-4,7H2,1-2H3. The van der Waals surface area contributed by atoms with Crippen molar-refractivity contribution in [3.8, 4) is 0 Å². The molecule has 0 spiro atoms. The quantitative estimate of drug-likeness (QED) is 0.900. The van der Waals surface area contributed by atoms with Crippen LogP contribution in [0.15, 0.2) is 16.7 Å². The predicted octanol–water partition coefficient (Wildman–Crippen LogP) is 2.18. The van der Waals surface area contributed by atoms with Gasteiger partial charge in [-0.15, -0.1) is 0 Å². The molecule has 1 rings (SSSR count). The summed E-state index contributed by atoms with van der Waals surface area (Å²) in [6, 6.07) is 1.90. The van der Waals surface area contributed by atoms with Crippen molar-refractivity contribution in [3.05, 3.63) is 22.3 Å². The molecule has 0 atom stereocenters. The van der Waals surface area contributed by atoms with Crippen LogP contribution < -0.4 is 4.90 Å². The fraction of sp³-hybridized carbons (Fsp3) is 0.500. The van der Waals surface area contributed by atoms with Crippen molar-refractivity contribution in [3.63, 3.8) is 0 Å². The third-order valence-corrected chi connectivity index (χ3v) is 2.43. The minimum atomic E-state index is 0.0236. The second kappa shape index (κ2) is 5.32. The van der Waals surface area contributed by atoms with E-state index in [2.05, 4.69) is 32.7 Å². The maximum atomic E-state index is 9.17. The van der Waals surface area contributed by atoms with Crippen LogP contribution in [0.5, 0.6) is 0 Å². The van der Waals surface area contributed by atoms with Crippen molar-refractivity contribution < 1.29 is 5.11 Å². The zero-order chi connectivity index (χ0) is 10.6. The van der Waals surface area contributed by atoms with E-state index in [0.717, 1.165) is 28.8 Å². The Hall–Kier alpha value is -0.610.